The molecular formula is C20H20F3N5O2S. The van der Waals surface area contributed by atoms with E-state index in [9.17, 15) is 21.6 Å². The quantitative estimate of drug-likeness (QED) is 0.604. The molecule has 0 bridgehead atoms. The smallest absolute Gasteiger partial charge is 0.342 e. The number of anilines is 1. The molecule has 1 N–H and O–H groups in total. The standard InChI is InChI=1S/C20H20F3N5O2S/c1-31(29,30)19-24-9-8-15(25-19)17-16(13-6-5-7-14(12-13)20(21,22)23)26-18(27-17)28-10-3-2-4-11-28/h5-9,12H,2-4,10-11H2,1H3,(H,26,27). The number of piperidine rings is 1. The van der Waals surface area contributed by atoms with Gasteiger partial charge in [0, 0.05) is 31.1 Å². The minimum absolute atomic E-state index is 0.235. The zero-order chi connectivity index (χ0) is 22.2. The van der Waals surface area contributed by atoms with Crippen molar-refractivity contribution in [1.82, 2.24) is 19.9 Å². The second kappa shape index (κ2) is 7.95. The summed E-state index contributed by atoms with van der Waals surface area (Å²) < 4.78 is 63.6. The molecular weight excluding hydrogens is 431 g/mol. The molecule has 4 rings (SSSR count). The summed E-state index contributed by atoms with van der Waals surface area (Å²) >= 11 is 0. The normalized spacial score (nSPS) is 15.3. The van der Waals surface area contributed by atoms with Crippen LogP contribution in [-0.2, 0) is 16.0 Å². The van der Waals surface area contributed by atoms with Crippen molar-refractivity contribution in [2.75, 3.05) is 24.2 Å². The molecule has 1 aliphatic rings. The van der Waals surface area contributed by atoms with E-state index in [4.69, 9.17) is 0 Å². The van der Waals surface area contributed by atoms with Crippen LogP contribution < -0.4 is 4.90 Å². The summed E-state index contributed by atoms with van der Waals surface area (Å²) in [5.41, 5.74) is 0.303. The fourth-order valence-corrected chi connectivity index (χ4v) is 4.03. The van der Waals surface area contributed by atoms with Gasteiger partial charge < -0.3 is 9.88 Å². The van der Waals surface area contributed by atoms with E-state index in [-0.39, 0.29) is 22.1 Å². The van der Waals surface area contributed by atoms with Crippen LogP contribution in [0.1, 0.15) is 24.8 Å². The molecule has 0 aliphatic carbocycles. The maximum Gasteiger partial charge on any atom is 0.416 e. The molecule has 1 saturated heterocycles. The van der Waals surface area contributed by atoms with E-state index in [1.165, 1.54) is 24.4 Å². The molecule has 2 aromatic heterocycles. The molecule has 3 heterocycles. The number of imidazole rings is 1. The third-order valence-corrected chi connectivity index (χ3v) is 5.89. The van der Waals surface area contributed by atoms with Gasteiger partial charge in [0.2, 0.25) is 20.9 Å². The maximum absolute atomic E-state index is 13.3. The Bertz CT molecular complexity index is 1200. The molecule has 0 spiro atoms. The predicted octanol–water partition coefficient (Wildman–Crippen LogP) is 3.95. The van der Waals surface area contributed by atoms with Crippen molar-refractivity contribution < 1.29 is 21.6 Å². The molecule has 31 heavy (non-hydrogen) atoms. The number of nitrogens with one attached hydrogen (secondary N) is 1. The van der Waals surface area contributed by atoms with Gasteiger partial charge in [0.25, 0.3) is 0 Å². The molecule has 11 heteroatoms. The highest BCUT2D eigenvalue weighted by atomic mass is 32.2. The summed E-state index contributed by atoms with van der Waals surface area (Å²) in [4.78, 5) is 17.7. The van der Waals surface area contributed by atoms with Crippen LogP contribution in [0.3, 0.4) is 0 Å². The third-order valence-electron chi connectivity index (χ3n) is 5.03. The van der Waals surface area contributed by atoms with Crippen LogP contribution >= 0.6 is 0 Å². The van der Waals surface area contributed by atoms with Crippen LogP contribution in [0.2, 0.25) is 0 Å². The zero-order valence-electron chi connectivity index (χ0n) is 16.6. The van der Waals surface area contributed by atoms with E-state index >= 15 is 0 Å². The minimum Gasteiger partial charge on any atom is -0.342 e. The largest absolute Gasteiger partial charge is 0.416 e. The van der Waals surface area contributed by atoms with Crippen LogP contribution in [0.5, 0.6) is 0 Å². The van der Waals surface area contributed by atoms with Gasteiger partial charge in [0.15, 0.2) is 0 Å². The summed E-state index contributed by atoms with van der Waals surface area (Å²) in [6.45, 7) is 1.54. The van der Waals surface area contributed by atoms with Crippen molar-refractivity contribution in [3.8, 4) is 22.6 Å². The summed E-state index contributed by atoms with van der Waals surface area (Å²) in [7, 11) is -3.67. The summed E-state index contributed by atoms with van der Waals surface area (Å²) in [5, 5.41) is -0.367. The van der Waals surface area contributed by atoms with Crippen molar-refractivity contribution >= 4 is 15.8 Å². The highest BCUT2D eigenvalue weighted by Crippen LogP contribution is 2.36. The molecule has 3 aromatic rings. The molecule has 0 unspecified atom stereocenters. The Labute approximate surface area is 177 Å². The molecule has 164 valence electrons. The Morgan fingerprint density at radius 2 is 1.81 bits per heavy atom. The van der Waals surface area contributed by atoms with E-state index in [0.717, 1.165) is 50.7 Å². The van der Waals surface area contributed by atoms with Gasteiger partial charge in [0.05, 0.1) is 22.6 Å². The first-order valence-corrected chi connectivity index (χ1v) is 11.6. The van der Waals surface area contributed by atoms with Gasteiger partial charge in [-0.25, -0.2) is 23.4 Å². The van der Waals surface area contributed by atoms with Crippen molar-refractivity contribution in [3.05, 3.63) is 42.1 Å². The second-order valence-electron chi connectivity index (χ2n) is 7.41. The van der Waals surface area contributed by atoms with Crippen LogP contribution in [0.25, 0.3) is 22.6 Å². The molecule has 0 amide bonds. The number of hydrogen-bond acceptors (Lipinski definition) is 6. The van der Waals surface area contributed by atoms with Crippen molar-refractivity contribution in [3.63, 3.8) is 0 Å². The zero-order valence-corrected chi connectivity index (χ0v) is 17.5. The first-order valence-electron chi connectivity index (χ1n) is 9.69. The van der Waals surface area contributed by atoms with Crippen molar-refractivity contribution in [2.24, 2.45) is 0 Å². The lowest BCUT2D eigenvalue weighted by Gasteiger charge is -2.25. The van der Waals surface area contributed by atoms with E-state index < -0.39 is 21.6 Å². The molecule has 0 radical (unpaired) electrons. The van der Waals surface area contributed by atoms with Crippen LogP contribution in [0.15, 0.2) is 41.7 Å². The molecule has 7 nitrogen and oxygen atoms in total. The van der Waals surface area contributed by atoms with Crippen LogP contribution in [-0.4, -0.2) is 47.7 Å². The van der Waals surface area contributed by atoms with E-state index in [0.29, 0.717) is 11.6 Å². The molecule has 0 saturated carbocycles. The number of hydrogen-bond donors (Lipinski definition) is 1. The topological polar surface area (TPSA) is 91.8 Å². The number of nitrogens with zero attached hydrogens (tertiary/aromatic N) is 4. The lowest BCUT2D eigenvalue weighted by atomic mass is 10.1. The Morgan fingerprint density at radius 3 is 2.48 bits per heavy atom. The predicted molar refractivity (Wildman–Crippen MR) is 109 cm³/mol. The molecule has 0 atom stereocenters. The third kappa shape index (κ3) is 4.55. The number of halogens is 3. The van der Waals surface area contributed by atoms with Gasteiger partial charge in [0.1, 0.15) is 0 Å². The van der Waals surface area contributed by atoms with Gasteiger partial charge in [-0.3, -0.25) is 0 Å². The number of sulfone groups is 1. The molecule has 1 aliphatic heterocycles. The lowest BCUT2D eigenvalue weighted by molar-refractivity contribution is -0.137. The van der Waals surface area contributed by atoms with Gasteiger partial charge >= 0.3 is 6.18 Å². The summed E-state index contributed by atoms with van der Waals surface area (Å²) in [6, 6.07) is 6.37. The lowest BCUT2D eigenvalue weighted by Crippen LogP contribution is -2.30. The van der Waals surface area contributed by atoms with Gasteiger partial charge in [-0.2, -0.15) is 13.2 Å². The minimum atomic E-state index is -4.50. The van der Waals surface area contributed by atoms with Gasteiger partial charge in [-0.05, 0) is 37.5 Å². The molecule has 1 aromatic carbocycles. The number of rotatable bonds is 4. The number of H-pyrrole nitrogens is 1. The number of alkyl halides is 3. The van der Waals surface area contributed by atoms with Crippen molar-refractivity contribution in [2.45, 2.75) is 30.6 Å². The average Bonchev–Trinajstić information content (AvgIpc) is 3.19. The summed E-state index contributed by atoms with van der Waals surface area (Å²) in [6.07, 6.45) is 0.873. The Hall–Kier alpha value is -2.95. The summed E-state index contributed by atoms with van der Waals surface area (Å²) in [5.74, 6) is 0.515. The highest BCUT2D eigenvalue weighted by molar-refractivity contribution is 7.90. The second-order valence-corrected chi connectivity index (χ2v) is 9.32. The van der Waals surface area contributed by atoms with Crippen molar-refractivity contribution in [1.29, 1.82) is 0 Å². The van der Waals surface area contributed by atoms with Gasteiger partial charge in [-0.1, -0.05) is 12.1 Å². The van der Waals surface area contributed by atoms with Crippen LogP contribution in [0.4, 0.5) is 19.1 Å². The van der Waals surface area contributed by atoms with E-state index in [2.05, 4.69) is 19.9 Å². The molecule has 1 fully saturated rings. The van der Waals surface area contributed by atoms with Crippen LogP contribution in [0, 0.1) is 0 Å². The SMILES string of the molecule is CS(=O)(=O)c1nccc(-c2[nH]c(N3CCCCC3)nc2-c2cccc(C(F)(F)F)c2)n1. The Morgan fingerprint density at radius 1 is 1.06 bits per heavy atom. The fraction of sp³-hybridized carbons (Fsp3) is 0.350. The maximum atomic E-state index is 13.3. The van der Waals surface area contributed by atoms with E-state index in [1.807, 2.05) is 4.90 Å². The highest BCUT2D eigenvalue weighted by Gasteiger charge is 2.31. The number of aromatic amines is 1. The Kier molecular flexibility index (Phi) is 5.46. The first kappa shape index (κ1) is 21.3. The average molecular weight is 451 g/mol. The van der Waals surface area contributed by atoms with E-state index in [1.54, 1.807) is 0 Å². The Balaban J connectivity index is 1.87. The number of aromatic nitrogens is 4. The number of benzene rings is 1. The van der Waals surface area contributed by atoms with Gasteiger partial charge in [-0.15, -0.1) is 0 Å². The monoisotopic (exact) mass is 451 g/mol. The fourth-order valence-electron chi connectivity index (χ4n) is 3.51. The first-order chi connectivity index (χ1) is 14.6.